The smallest absolute Gasteiger partial charge is 0.255 e. The number of benzene rings is 1. The fourth-order valence-corrected chi connectivity index (χ4v) is 6.94. The first-order valence-corrected chi connectivity index (χ1v) is 13.2. The van der Waals surface area contributed by atoms with Gasteiger partial charge >= 0.3 is 0 Å². The number of imide groups is 1. The first-order valence-electron chi connectivity index (χ1n) is 13.2. The lowest BCUT2D eigenvalue weighted by molar-refractivity contribution is -0.137. The van der Waals surface area contributed by atoms with Crippen molar-refractivity contribution < 1.29 is 19.2 Å². The molecule has 8 heteroatoms. The molecule has 4 amide bonds. The Kier molecular flexibility index (Phi) is 5.57. The summed E-state index contributed by atoms with van der Waals surface area (Å²) in [6, 6.07) is 5.26. The first kappa shape index (κ1) is 22.6. The van der Waals surface area contributed by atoms with E-state index in [1.165, 1.54) is 25.7 Å². The van der Waals surface area contributed by atoms with Crippen LogP contribution < -0.4 is 10.2 Å². The van der Waals surface area contributed by atoms with Crippen molar-refractivity contribution >= 4 is 29.3 Å². The summed E-state index contributed by atoms with van der Waals surface area (Å²) in [6.45, 7) is 4.01. The third-order valence-corrected chi connectivity index (χ3v) is 9.07. The van der Waals surface area contributed by atoms with E-state index in [1.54, 1.807) is 4.90 Å². The summed E-state index contributed by atoms with van der Waals surface area (Å²) < 4.78 is 0. The molecule has 3 saturated heterocycles. The van der Waals surface area contributed by atoms with Crippen molar-refractivity contribution in [2.24, 2.45) is 11.3 Å². The Hall–Kier alpha value is -2.90. The van der Waals surface area contributed by atoms with Gasteiger partial charge in [0.25, 0.3) is 5.91 Å². The minimum Gasteiger partial charge on any atom is -0.370 e. The first-order chi connectivity index (χ1) is 16.9. The van der Waals surface area contributed by atoms with Crippen LogP contribution >= 0.6 is 0 Å². The Morgan fingerprint density at radius 2 is 1.77 bits per heavy atom. The number of likely N-dealkylation sites (tertiary alicyclic amines) is 1. The SMILES string of the molecule is O=C1CCC(N2Cc3c(cccc3N3CC4(CCN(C(=O)CC5CCCC5)CC4)C3)C2=O)C(=O)N1. The molecule has 8 nitrogen and oxygen atoms in total. The van der Waals surface area contributed by atoms with E-state index in [0.717, 1.165) is 56.7 Å². The highest BCUT2D eigenvalue weighted by atomic mass is 16.2. The molecule has 4 aliphatic heterocycles. The molecule has 186 valence electrons. The van der Waals surface area contributed by atoms with Crippen molar-refractivity contribution in [2.75, 3.05) is 31.1 Å². The molecule has 1 aromatic carbocycles. The molecular formula is C27H34N4O4. The Labute approximate surface area is 206 Å². The van der Waals surface area contributed by atoms with Gasteiger partial charge in [0.2, 0.25) is 17.7 Å². The van der Waals surface area contributed by atoms with Crippen LogP contribution in [0.2, 0.25) is 0 Å². The van der Waals surface area contributed by atoms with Crippen LogP contribution in [0.1, 0.15) is 73.7 Å². The van der Waals surface area contributed by atoms with Crippen LogP contribution in [-0.2, 0) is 20.9 Å². The summed E-state index contributed by atoms with van der Waals surface area (Å²) in [7, 11) is 0. The maximum absolute atomic E-state index is 13.1. The van der Waals surface area contributed by atoms with E-state index < -0.39 is 6.04 Å². The summed E-state index contributed by atoms with van der Waals surface area (Å²) in [5, 5.41) is 2.37. The number of hydrogen-bond donors (Lipinski definition) is 1. The zero-order valence-corrected chi connectivity index (χ0v) is 20.3. The standard InChI is InChI=1S/C27H34N4O4/c32-23-9-8-22(25(34)28-23)31-15-20-19(26(31)35)6-3-7-21(20)30-16-27(17-30)10-12-29(13-11-27)24(33)14-18-4-1-2-5-18/h3,6-7,18,22H,1-2,4-5,8-17H2,(H,28,32,34). The molecule has 0 radical (unpaired) electrons. The Bertz CT molecular complexity index is 1060. The number of fused-ring (bicyclic) bond motifs is 1. The summed E-state index contributed by atoms with van der Waals surface area (Å²) >= 11 is 0. The molecule has 1 aromatic rings. The van der Waals surface area contributed by atoms with E-state index in [0.29, 0.717) is 30.4 Å². The fraction of sp³-hybridized carbons (Fsp3) is 0.630. The van der Waals surface area contributed by atoms with Gasteiger partial charge in [0.15, 0.2) is 0 Å². The molecule has 1 aliphatic carbocycles. The van der Waals surface area contributed by atoms with Crippen LogP contribution in [0.5, 0.6) is 0 Å². The zero-order chi connectivity index (χ0) is 24.2. The molecule has 1 N–H and O–H groups in total. The number of piperidine rings is 2. The van der Waals surface area contributed by atoms with Crippen molar-refractivity contribution in [3.8, 4) is 0 Å². The predicted octanol–water partition coefficient (Wildman–Crippen LogP) is 2.46. The van der Waals surface area contributed by atoms with Crippen molar-refractivity contribution in [1.29, 1.82) is 0 Å². The number of rotatable bonds is 4. The van der Waals surface area contributed by atoms with Crippen molar-refractivity contribution in [1.82, 2.24) is 15.1 Å². The average molecular weight is 479 g/mol. The van der Waals surface area contributed by atoms with Gasteiger partial charge in [0.1, 0.15) is 6.04 Å². The molecule has 1 unspecified atom stereocenters. The lowest BCUT2D eigenvalue weighted by Crippen LogP contribution is -2.61. The highest BCUT2D eigenvalue weighted by Gasteiger charge is 2.47. The lowest BCUT2D eigenvalue weighted by atomic mass is 9.71. The van der Waals surface area contributed by atoms with E-state index >= 15 is 0 Å². The normalized spacial score (nSPS) is 26.2. The van der Waals surface area contributed by atoms with Crippen LogP contribution in [0.3, 0.4) is 0 Å². The molecule has 35 heavy (non-hydrogen) atoms. The van der Waals surface area contributed by atoms with E-state index in [-0.39, 0.29) is 29.6 Å². The molecule has 4 fully saturated rings. The van der Waals surface area contributed by atoms with Gasteiger partial charge in [0.05, 0.1) is 0 Å². The number of amides is 4. The number of carbonyl (C=O) groups excluding carboxylic acids is 4. The number of hydrogen-bond acceptors (Lipinski definition) is 5. The van der Waals surface area contributed by atoms with Gasteiger partial charge in [-0.1, -0.05) is 18.9 Å². The second-order valence-corrected chi connectivity index (χ2v) is 11.3. The Morgan fingerprint density at radius 1 is 1.03 bits per heavy atom. The van der Waals surface area contributed by atoms with E-state index in [1.807, 2.05) is 12.1 Å². The van der Waals surface area contributed by atoms with Crippen LogP contribution in [0.15, 0.2) is 18.2 Å². The third kappa shape index (κ3) is 4.00. The van der Waals surface area contributed by atoms with Crippen molar-refractivity contribution in [3.63, 3.8) is 0 Å². The third-order valence-electron chi connectivity index (χ3n) is 9.07. The maximum atomic E-state index is 13.1. The number of anilines is 1. The fourth-order valence-electron chi connectivity index (χ4n) is 6.94. The maximum Gasteiger partial charge on any atom is 0.255 e. The summed E-state index contributed by atoms with van der Waals surface area (Å²) in [6.07, 6.45) is 8.42. The number of nitrogens with zero attached hydrogens (tertiary/aromatic N) is 3. The van der Waals surface area contributed by atoms with E-state index in [4.69, 9.17) is 0 Å². The van der Waals surface area contributed by atoms with Crippen LogP contribution in [0, 0.1) is 11.3 Å². The second-order valence-electron chi connectivity index (χ2n) is 11.3. The summed E-state index contributed by atoms with van der Waals surface area (Å²) in [5.74, 6) is 0.172. The van der Waals surface area contributed by atoms with Gasteiger partial charge in [0, 0.05) is 67.8 Å². The lowest BCUT2D eigenvalue weighted by Gasteiger charge is -2.55. The average Bonchev–Trinajstić information content (AvgIpc) is 3.45. The molecule has 6 rings (SSSR count). The molecule has 0 aromatic heterocycles. The highest BCUT2D eigenvalue weighted by molar-refractivity contribution is 6.06. The molecule has 1 saturated carbocycles. The topological polar surface area (TPSA) is 90.0 Å². The van der Waals surface area contributed by atoms with Crippen molar-refractivity contribution in [2.45, 2.75) is 70.4 Å². The summed E-state index contributed by atoms with van der Waals surface area (Å²) in [4.78, 5) is 55.9. The molecule has 1 spiro atoms. The largest absolute Gasteiger partial charge is 0.370 e. The molecular weight excluding hydrogens is 444 g/mol. The van der Waals surface area contributed by atoms with Crippen LogP contribution in [0.25, 0.3) is 0 Å². The molecule has 4 heterocycles. The zero-order valence-electron chi connectivity index (χ0n) is 20.3. The van der Waals surface area contributed by atoms with Gasteiger partial charge in [-0.2, -0.15) is 0 Å². The Balaban J connectivity index is 1.08. The van der Waals surface area contributed by atoms with Crippen molar-refractivity contribution in [3.05, 3.63) is 29.3 Å². The van der Waals surface area contributed by atoms with Crippen LogP contribution in [-0.4, -0.2) is 65.6 Å². The van der Waals surface area contributed by atoms with Gasteiger partial charge in [-0.15, -0.1) is 0 Å². The summed E-state index contributed by atoms with van der Waals surface area (Å²) in [5.41, 5.74) is 2.98. The number of nitrogens with one attached hydrogen (secondary N) is 1. The van der Waals surface area contributed by atoms with E-state index in [9.17, 15) is 19.2 Å². The quantitative estimate of drug-likeness (QED) is 0.672. The number of carbonyl (C=O) groups is 4. The second kappa shape index (κ2) is 8.64. The molecule has 0 bridgehead atoms. The highest BCUT2D eigenvalue weighted by Crippen LogP contribution is 2.45. The van der Waals surface area contributed by atoms with Gasteiger partial charge in [-0.05, 0) is 50.2 Å². The Morgan fingerprint density at radius 3 is 2.49 bits per heavy atom. The van der Waals surface area contributed by atoms with Gasteiger partial charge in [-0.25, -0.2) is 0 Å². The predicted molar refractivity (Wildman–Crippen MR) is 130 cm³/mol. The van der Waals surface area contributed by atoms with Gasteiger partial charge in [-0.3, -0.25) is 24.5 Å². The van der Waals surface area contributed by atoms with E-state index in [2.05, 4.69) is 21.2 Å². The van der Waals surface area contributed by atoms with Crippen LogP contribution in [0.4, 0.5) is 5.69 Å². The van der Waals surface area contributed by atoms with Gasteiger partial charge < -0.3 is 14.7 Å². The minimum absolute atomic E-state index is 0.124. The minimum atomic E-state index is -0.589. The monoisotopic (exact) mass is 478 g/mol. The molecule has 5 aliphatic rings. The molecule has 1 atom stereocenters.